The summed E-state index contributed by atoms with van der Waals surface area (Å²) >= 11 is 0. The van der Waals surface area contributed by atoms with Crippen molar-refractivity contribution in [2.24, 2.45) is 5.73 Å². The van der Waals surface area contributed by atoms with Crippen LogP contribution in [0.3, 0.4) is 0 Å². The highest BCUT2D eigenvalue weighted by Gasteiger charge is 1.96. The van der Waals surface area contributed by atoms with Crippen LogP contribution in [0.4, 0.5) is 0 Å². The van der Waals surface area contributed by atoms with Crippen LogP contribution in [-0.4, -0.2) is 29.8 Å². The van der Waals surface area contributed by atoms with Gasteiger partial charge in [0.05, 0.1) is 18.6 Å². The van der Waals surface area contributed by atoms with E-state index in [-0.39, 0.29) is 0 Å². The molecule has 68 valence electrons. The van der Waals surface area contributed by atoms with E-state index in [9.17, 15) is 0 Å². The first-order valence-corrected chi connectivity index (χ1v) is 4.06. The summed E-state index contributed by atoms with van der Waals surface area (Å²) in [6, 6.07) is 0. The highest BCUT2D eigenvalue weighted by molar-refractivity contribution is 4.96. The zero-order valence-electron chi connectivity index (χ0n) is 7.36. The van der Waals surface area contributed by atoms with Gasteiger partial charge in [-0.25, -0.2) is 4.98 Å². The molecule has 0 aliphatic carbocycles. The van der Waals surface area contributed by atoms with E-state index in [0.29, 0.717) is 6.54 Å². The van der Waals surface area contributed by atoms with E-state index in [1.165, 1.54) is 0 Å². The van der Waals surface area contributed by atoms with Crippen LogP contribution in [0.2, 0.25) is 0 Å². The average molecular weight is 169 g/mol. The normalized spacial score (nSPS) is 10.5. The predicted molar refractivity (Wildman–Crippen MR) is 46.9 cm³/mol. The van der Waals surface area contributed by atoms with Crippen LogP contribution in [0.1, 0.15) is 5.69 Å². The first-order valence-electron chi connectivity index (χ1n) is 4.06. The minimum Gasteiger partial charge on any atom is -0.383 e. The highest BCUT2D eigenvalue weighted by Crippen LogP contribution is 1.96. The molecule has 1 aromatic heterocycles. The van der Waals surface area contributed by atoms with Gasteiger partial charge in [0.2, 0.25) is 0 Å². The van der Waals surface area contributed by atoms with Crippen LogP contribution in [0, 0.1) is 0 Å². The van der Waals surface area contributed by atoms with Crippen molar-refractivity contribution >= 4 is 0 Å². The maximum Gasteiger partial charge on any atom is 0.0950 e. The molecule has 0 unspecified atom stereocenters. The van der Waals surface area contributed by atoms with Crippen LogP contribution >= 0.6 is 0 Å². The molecule has 12 heavy (non-hydrogen) atoms. The SMILES string of the molecule is COCCn1cnc(CCN)c1. The van der Waals surface area contributed by atoms with Gasteiger partial charge in [-0.05, 0) is 6.54 Å². The summed E-state index contributed by atoms with van der Waals surface area (Å²) in [5, 5.41) is 0. The molecule has 4 heteroatoms. The molecule has 0 saturated carbocycles. The lowest BCUT2D eigenvalue weighted by Gasteiger charge is -1.98. The van der Waals surface area contributed by atoms with Crippen molar-refractivity contribution in [2.75, 3.05) is 20.3 Å². The molecule has 0 atom stereocenters. The molecule has 1 heterocycles. The summed E-state index contributed by atoms with van der Waals surface area (Å²) in [7, 11) is 1.69. The average Bonchev–Trinajstić information content (AvgIpc) is 2.50. The lowest BCUT2D eigenvalue weighted by Crippen LogP contribution is -2.03. The molecule has 4 nitrogen and oxygen atoms in total. The fraction of sp³-hybridized carbons (Fsp3) is 0.625. The van der Waals surface area contributed by atoms with Gasteiger partial charge < -0.3 is 15.0 Å². The Kier molecular flexibility index (Phi) is 3.76. The minimum atomic E-state index is 0.654. The zero-order chi connectivity index (χ0) is 8.81. The Balaban J connectivity index is 2.41. The number of hydrogen-bond donors (Lipinski definition) is 1. The summed E-state index contributed by atoms with van der Waals surface area (Å²) in [4.78, 5) is 4.19. The Labute approximate surface area is 72.3 Å². The summed E-state index contributed by atoms with van der Waals surface area (Å²) in [6.07, 6.45) is 4.66. The topological polar surface area (TPSA) is 53.1 Å². The van der Waals surface area contributed by atoms with E-state index in [4.69, 9.17) is 10.5 Å². The van der Waals surface area contributed by atoms with Gasteiger partial charge in [-0.1, -0.05) is 0 Å². The first-order chi connectivity index (χ1) is 5.86. The van der Waals surface area contributed by atoms with Crippen LogP contribution in [-0.2, 0) is 17.7 Å². The van der Waals surface area contributed by atoms with Crippen molar-refractivity contribution in [3.05, 3.63) is 18.2 Å². The van der Waals surface area contributed by atoms with E-state index < -0.39 is 0 Å². The number of imidazole rings is 1. The third-order valence-corrected chi connectivity index (χ3v) is 1.64. The van der Waals surface area contributed by atoms with Crippen molar-refractivity contribution in [3.63, 3.8) is 0 Å². The first kappa shape index (κ1) is 9.22. The van der Waals surface area contributed by atoms with Gasteiger partial charge in [-0.2, -0.15) is 0 Å². The lowest BCUT2D eigenvalue weighted by molar-refractivity contribution is 0.187. The number of aromatic nitrogens is 2. The van der Waals surface area contributed by atoms with E-state index in [0.717, 1.165) is 25.3 Å². The van der Waals surface area contributed by atoms with Gasteiger partial charge >= 0.3 is 0 Å². The van der Waals surface area contributed by atoms with Crippen LogP contribution in [0.5, 0.6) is 0 Å². The molecule has 0 aromatic carbocycles. The van der Waals surface area contributed by atoms with Crippen LogP contribution in [0.25, 0.3) is 0 Å². The Hall–Kier alpha value is -0.870. The molecular weight excluding hydrogens is 154 g/mol. The fourth-order valence-electron chi connectivity index (χ4n) is 1.00. The number of hydrogen-bond acceptors (Lipinski definition) is 3. The molecule has 1 rings (SSSR count). The van der Waals surface area contributed by atoms with Gasteiger partial charge in [0.15, 0.2) is 0 Å². The van der Waals surface area contributed by atoms with E-state index >= 15 is 0 Å². The van der Waals surface area contributed by atoms with Crippen molar-refractivity contribution < 1.29 is 4.74 Å². The van der Waals surface area contributed by atoms with E-state index in [1.807, 2.05) is 17.1 Å². The molecule has 0 amide bonds. The van der Waals surface area contributed by atoms with E-state index in [2.05, 4.69) is 4.98 Å². The molecule has 2 N–H and O–H groups in total. The van der Waals surface area contributed by atoms with Gasteiger partial charge in [0, 0.05) is 26.3 Å². The third kappa shape index (κ3) is 2.64. The summed E-state index contributed by atoms with van der Waals surface area (Å²) < 4.78 is 6.95. The summed E-state index contributed by atoms with van der Waals surface area (Å²) in [5.74, 6) is 0. The Morgan fingerprint density at radius 2 is 2.50 bits per heavy atom. The quantitative estimate of drug-likeness (QED) is 0.676. The second kappa shape index (κ2) is 4.90. The number of rotatable bonds is 5. The second-order valence-corrected chi connectivity index (χ2v) is 2.63. The van der Waals surface area contributed by atoms with Crippen molar-refractivity contribution in [1.29, 1.82) is 0 Å². The monoisotopic (exact) mass is 169 g/mol. The van der Waals surface area contributed by atoms with Crippen LogP contribution < -0.4 is 5.73 Å². The summed E-state index contributed by atoms with van der Waals surface area (Å²) in [6.45, 7) is 2.23. The van der Waals surface area contributed by atoms with Crippen LogP contribution in [0.15, 0.2) is 12.5 Å². The number of ether oxygens (including phenoxy) is 1. The standard InChI is InChI=1S/C8H15N3O/c1-12-5-4-11-6-8(2-3-9)10-7-11/h6-7H,2-5,9H2,1H3. The lowest BCUT2D eigenvalue weighted by atomic mass is 10.3. The zero-order valence-corrected chi connectivity index (χ0v) is 7.36. The molecule has 0 saturated heterocycles. The number of nitrogens with zero attached hydrogens (tertiary/aromatic N) is 2. The Morgan fingerprint density at radius 3 is 3.17 bits per heavy atom. The molecule has 0 fully saturated rings. The largest absolute Gasteiger partial charge is 0.383 e. The Bertz CT molecular complexity index is 222. The summed E-state index contributed by atoms with van der Waals surface area (Å²) in [5.41, 5.74) is 6.45. The maximum atomic E-state index is 5.40. The molecule has 0 spiro atoms. The van der Waals surface area contributed by atoms with Gasteiger partial charge in [-0.15, -0.1) is 0 Å². The van der Waals surface area contributed by atoms with Gasteiger partial charge in [0.1, 0.15) is 0 Å². The van der Waals surface area contributed by atoms with Gasteiger partial charge in [-0.3, -0.25) is 0 Å². The molecule has 0 bridgehead atoms. The molecular formula is C8H15N3O. The maximum absolute atomic E-state index is 5.40. The molecule has 1 aromatic rings. The minimum absolute atomic E-state index is 0.654. The Morgan fingerprint density at radius 1 is 1.67 bits per heavy atom. The fourth-order valence-corrected chi connectivity index (χ4v) is 1.00. The van der Waals surface area contributed by atoms with Crippen molar-refractivity contribution in [2.45, 2.75) is 13.0 Å². The smallest absolute Gasteiger partial charge is 0.0950 e. The number of nitrogens with two attached hydrogens (primary N) is 1. The number of methoxy groups -OCH3 is 1. The van der Waals surface area contributed by atoms with Crippen molar-refractivity contribution in [1.82, 2.24) is 9.55 Å². The predicted octanol–water partition coefficient (Wildman–Crippen LogP) is 0.0307. The van der Waals surface area contributed by atoms with Gasteiger partial charge in [0.25, 0.3) is 0 Å². The van der Waals surface area contributed by atoms with E-state index in [1.54, 1.807) is 7.11 Å². The highest BCUT2D eigenvalue weighted by atomic mass is 16.5. The molecule has 0 aliphatic rings. The third-order valence-electron chi connectivity index (χ3n) is 1.64. The molecule has 0 radical (unpaired) electrons. The van der Waals surface area contributed by atoms with Crippen molar-refractivity contribution in [3.8, 4) is 0 Å². The molecule has 0 aliphatic heterocycles. The second-order valence-electron chi connectivity index (χ2n) is 2.63.